The molecule has 0 unspecified atom stereocenters. The van der Waals surface area contributed by atoms with E-state index in [1.807, 2.05) is 24.3 Å². The molecule has 8 nitrogen and oxygen atoms in total. The van der Waals surface area contributed by atoms with Gasteiger partial charge in [-0.3, -0.25) is 4.79 Å². The number of hydrogen-bond donors (Lipinski definition) is 1. The summed E-state index contributed by atoms with van der Waals surface area (Å²) in [4.78, 5) is 12.6. The van der Waals surface area contributed by atoms with E-state index in [2.05, 4.69) is 5.32 Å². The summed E-state index contributed by atoms with van der Waals surface area (Å²) in [5, 5.41) is 2.92. The first-order chi connectivity index (χ1) is 13.0. The lowest BCUT2D eigenvalue weighted by molar-refractivity contribution is -0.126. The molecule has 1 aromatic carbocycles. The van der Waals surface area contributed by atoms with E-state index in [1.165, 1.54) is 8.61 Å². The van der Waals surface area contributed by atoms with Gasteiger partial charge in [0.2, 0.25) is 5.91 Å². The predicted molar refractivity (Wildman–Crippen MR) is 100 cm³/mol. The maximum atomic E-state index is 12.8. The molecular formula is C18H27N3O5S. The van der Waals surface area contributed by atoms with Gasteiger partial charge in [0.15, 0.2) is 0 Å². The Morgan fingerprint density at radius 2 is 1.89 bits per heavy atom. The van der Waals surface area contributed by atoms with E-state index in [1.54, 1.807) is 7.11 Å². The highest BCUT2D eigenvalue weighted by Gasteiger charge is 2.36. The second-order valence-electron chi connectivity index (χ2n) is 6.78. The number of morpholine rings is 1. The van der Waals surface area contributed by atoms with Crippen molar-refractivity contribution in [3.8, 4) is 5.75 Å². The Kier molecular flexibility index (Phi) is 6.69. The average molecular weight is 397 g/mol. The van der Waals surface area contributed by atoms with Crippen LogP contribution in [0.5, 0.6) is 5.75 Å². The minimum atomic E-state index is -3.53. The maximum Gasteiger partial charge on any atom is 0.282 e. The van der Waals surface area contributed by atoms with Gasteiger partial charge >= 0.3 is 0 Å². The molecule has 0 aliphatic carbocycles. The van der Waals surface area contributed by atoms with E-state index in [4.69, 9.17) is 9.47 Å². The number of nitrogens with one attached hydrogen (secondary N) is 1. The lowest BCUT2D eigenvalue weighted by atomic mass is 9.99. The summed E-state index contributed by atoms with van der Waals surface area (Å²) in [6.45, 7) is 2.67. The summed E-state index contributed by atoms with van der Waals surface area (Å²) < 4.78 is 38.9. The lowest BCUT2D eigenvalue weighted by Gasteiger charge is -2.36. The summed E-state index contributed by atoms with van der Waals surface area (Å²) in [6.07, 6.45) is 1.38. The van der Waals surface area contributed by atoms with Crippen LogP contribution in [0, 0.1) is 5.92 Å². The second kappa shape index (κ2) is 9.01. The van der Waals surface area contributed by atoms with Crippen molar-refractivity contribution in [2.75, 3.05) is 46.5 Å². The van der Waals surface area contributed by atoms with Crippen molar-refractivity contribution >= 4 is 16.1 Å². The molecule has 0 radical (unpaired) electrons. The third-order valence-corrected chi connectivity index (χ3v) is 7.01. The molecular weight excluding hydrogens is 370 g/mol. The number of amides is 1. The molecule has 0 saturated carbocycles. The van der Waals surface area contributed by atoms with Gasteiger partial charge < -0.3 is 14.8 Å². The molecule has 2 aliphatic heterocycles. The Balaban J connectivity index is 1.55. The molecule has 0 spiro atoms. The van der Waals surface area contributed by atoms with Crippen molar-refractivity contribution in [3.05, 3.63) is 29.8 Å². The largest absolute Gasteiger partial charge is 0.497 e. The number of carbonyl (C=O) groups excluding carboxylic acids is 1. The van der Waals surface area contributed by atoms with E-state index in [9.17, 15) is 13.2 Å². The van der Waals surface area contributed by atoms with Crippen LogP contribution in [-0.2, 0) is 26.3 Å². The zero-order chi connectivity index (χ0) is 19.3. The highest BCUT2D eigenvalue weighted by molar-refractivity contribution is 7.86. The van der Waals surface area contributed by atoms with Gasteiger partial charge in [-0.1, -0.05) is 12.1 Å². The smallest absolute Gasteiger partial charge is 0.282 e. The molecule has 2 fully saturated rings. The van der Waals surface area contributed by atoms with Crippen LogP contribution in [0.4, 0.5) is 0 Å². The van der Waals surface area contributed by atoms with Crippen molar-refractivity contribution in [1.29, 1.82) is 0 Å². The third kappa shape index (κ3) is 4.98. The van der Waals surface area contributed by atoms with Gasteiger partial charge in [0.05, 0.1) is 26.2 Å². The normalized spacial score (nSPS) is 22.3. The van der Waals surface area contributed by atoms with E-state index < -0.39 is 10.2 Å². The van der Waals surface area contributed by atoms with Crippen LogP contribution in [0.15, 0.2) is 24.3 Å². The molecule has 150 valence electrons. The fourth-order valence-electron chi connectivity index (χ4n) is 3.38. The topological polar surface area (TPSA) is 88.2 Å². The minimum absolute atomic E-state index is 0.104. The molecule has 0 aromatic heterocycles. The molecule has 1 aromatic rings. The summed E-state index contributed by atoms with van der Waals surface area (Å²) in [6, 6.07) is 7.49. The van der Waals surface area contributed by atoms with Crippen LogP contribution in [0.3, 0.4) is 0 Å². The zero-order valence-corrected chi connectivity index (χ0v) is 16.4. The fourth-order valence-corrected chi connectivity index (χ4v) is 5.05. The molecule has 2 heterocycles. The van der Waals surface area contributed by atoms with Crippen molar-refractivity contribution in [2.24, 2.45) is 5.92 Å². The first-order valence-electron chi connectivity index (χ1n) is 9.24. The van der Waals surface area contributed by atoms with Crippen LogP contribution >= 0.6 is 0 Å². The summed E-state index contributed by atoms with van der Waals surface area (Å²) in [5.74, 6) is 0.335. The first kappa shape index (κ1) is 20.1. The van der Waals surface area contributed by atoms with Crippen molar-refractivity contribution < 1.29 is 22.7 Å². The first-order valence-corrected chi connectivity index (χ1v) is 10.6. The number of carbonyl (C=O) groups is 1. The second-order valence-corrected chi connectivity index (χ2v) is 8.71. The van der Waals surface area contributed by atoms with Gasteiger partial charge in [-0.2, -0.15) is 17.0 Å². The predicted octanol–water partition coefficient (Wildman–Crippen LogP) is 0.600. The molecule has 1 amide bonds. The van der Waals surface area contributed by atoms with Crippen molar-refractivity contribution in [3.63, 3.8) is 0 Å². The molecule has 2 saturated heterocycles. The minimum Gasteiger partial charge on any atom is -0.497 e. The van der Waals surface area contributed by atoms with Crippen LogP contribution in [0.2, 0.25) is 0 Å². The molecule has 2 aliphatic rings. The lowest BCUT2D eigenvalue weighted by Crippen LogP contribution is -2.52. The molecule has 1 N–H and O–H groups in total. The fraction of sp³-hybridized carbons (Fsp3) is 0.611. The number of ether oxygens (including phenoxy) is 2. The van der Waals surface area contributed by atoms with E-state index in [-0.39, 0.29) is 18.4 Å². The quantitative estimate of drug-likeness (QED) is 0.760. The number of benzene rings is 1. The maximum absolute atomic E-state index is 12.8. The van der Waals surface area contributed by atoms with Gasteiger partial charge in [0, 0.05) is 32.7 Å². The van der Waals surface area contributed by atoms with Crippen molar-refractivity contribution in [2.45, 2.75) is 19.4 Å². The average Bonchev–Trinajstić information content (AvgIpc) is 2.73. The summed E-state index contributed by atoms with van der Waals surface area (Å²) in [5.41, 5.74) is 0.970. The number of rotatable bonds is 6. The Morgan fingerprint density at radius 1 is 1.19 bits per heavy atom. The van der Waals surface area contributed by atoms with Crippen LogP contribution < -0.4 is 10.1 Å². The molecule has 0 bridgehead atoms. The highest BCUT2D eigenvalue weighted by Crippen LogP contribution is 2.22. The number of nitrogens with zero attached hydrogens (tertiary/aromatic N) is 2. The SMILES string of the molecule is COc1ccc(CNC(=O)[C@H]2CCCN(S(=O)(=O)N3CCOCC3)C2)cc1. The number of piperidine rings is 1. The molecule has 3 rings (SSSR count). The van der Waals surface area contributed by atoms with E-state index in [0.29, 0.717) is 52.2 Å². The molecule has 27 heavy (non-hydrogen) atoms. The zero-order valence-electron chi connectivity index (χ0n) is 15.6. The standard InChI is InChI=1S/C18H27N3O5S/c1-25-17-6-4-15(5-7-17)13-19-18(22)16-3-2-8-21(14-16)27(23,24)20-9-11-26-12-10-20/h4-7,16H,2-3,8-14H2,1H3,(H,19,22)/t16-/m0/s1. The monoisotopic (exact) mass is 397 g/mol. The van der Waals surface area contributed by atoms with Gasteiger partial charge in [-0.05, 0) is 30.5 Å². The summed E-state index contributed by atoms with van der Waals surface area (Å²) in [7, 11) is -1.93. The number of hydrogen-bond acceptors (Lipinski definition) is 5. The molecule has 1 atom stereocenters. The van der Waals surface area contributed by atoms with Gasteiger partial charge in [0.25, 0.3) is 10.2 Å². The van der Waals surface area contributed by atoms with Crippen LogP contribution in [0.1, 0.15) is 18.4 Å². The van der Waals surface area contributed by atoms with E-state index in [0.717, 1.165) is 11.3 Å². The Hall–Kier alpha value is -1.68. The number of methoxy groups -OCH3 is 1. The van der Waals surface area contributed by atoms with Crippen LogP contribution in [0.25, 0.3) is 0 Å². The van der Waals surface area contributed by atoms with Gasteiger partial charge in [0.1, 0.15) is 5.75 Å². The van der Waals surface area contributed by atoms with Gasteiger partial charge in [-0.25, -0.2) is 0 Å². The third-order valence-electron chi connectivity index (χ3n) is 5.00. The highest BCUT2D eigenvalue weighted by atomic mass is 32.2. The Morgan fingerprint density at radius 3 is 2.56 bits per heavy atom. The summed E-state index contributed by atoms with van der Waals surface area (Å²) >= 11 is 0. The molecule has 9 heteroatoms. The van der Waals surface area contributed by atoms with Crippen molar-refractivity contribution in [1.82, 2.24) is 13.9 Å². The van der Waals surface area contributed by atoms with E-state index >= 15 is 0 Å². The Labute approximate surface area is 160 Å². The van der Waals surface area contributed by atoms with Gasteiger partial charge in [-0.15, -0.1) is 0 Å². The van der Waals surface area contributed by atoms with Crippen LogP contribution in [-0.4, -0.2) is 69.4 Å². The Bertz CT molecular complexity index is 732.